The molecular formula is C35H47ClN6O5. The number of likely N-dealkylation sites (tertiary alicyclic amines) is 2. The number of nitrogens with one attached hydrogen (secondary N) is 1. The lowest BCUT2D eigenvalue weighted by atomic mass is 9.82. The van der Waals surface area contributed by atoms with E-state index in [2.05, 4.69) is 22.2 Å². The largest absolute Gasteiger partial charge is 0.438 e. The monoisotopic (exact) mass is 666 g/mol. The van der Waals surface area contributed by atoms with Gasteiger partial charge in [0.1, 0.15) is 5.60 Å². The zero-order valence-electron chi connectivity index (χ0n) is 27.5. The van der Waals surface area contributed by atoms with Gasteiger partial charge in [-0.15, -0.1) is 0 Å². The number of ether oxygens (including phenoxy) is 2. The van der Waals surface area contributed by atoms with Crippen molar-refractivity contribution in [3.8, 4) is 0 Å². The lowest BCUT2D eigenvalue weighted by Crippen LogP contribution is -2.53. The maximum Gasteiger partial charge on any atom is 0.412 e. The third-order valence-corrected chi connectivity index (χ3v) is 10.7. The van der Waals surface area contributed by atoms with Gasteiger partial charge in [-0.1, -0.05) is 42.8 Å². The average Bonchev–Trinajstić information content (AvgIpc) is 3.30. The predicted molar refractivity (Wildman–Crippen MR) is 182 cm³/mol. The minimum atomic E-state index is -1.01. The number of nitrogen functional groups attached to an aromatic ring is 1. The summed E-state index contributed by atoms with van der Waals surface area (Å²) in [7, 11) is 2.17. The zero-order valence-corrected chi connectivity index (χ0v) is 28.3. The van der Waals surface area contributed by atoms with Gasteiger partial charge in [0.05, 0.1) is 16.4 Å². The summed E-state index contributed by atoms with van der Waals surface area (Å²) in [5, 5.41) is 3.20. The summed E-state index contributed by atoms with van der Waals surface area (Å²) in [6, 6.07) is 11.8. The summed E-state index contributed by atoms with van der Waals surface area (Å²) in [6.07, 6.45) is 2.64. The number of hydrogen-bond acceptors (Lipinski definition) is 8. The van der Waals surface area contributed by atoms with E-state index in [9.17, 15) is 14.4 Å². The first-order valence-corrected chi connectivity index (χ1v) is 17.4. The molecule has 4 aliphatic rings. The minimum Gasteiger partial charge on any atom is -0.438 e. The summed E-state index contributed by atoms with van der Waals surface area (Å²) in [6.45, 7) is 8.20. The van der Waals surface area contributed by atoms with E-state index < -0.39 is 23.9 Å². The van der Waals surface area contributed by atoms with E-state index in [1.54, 1.807) is 11.0 Å². The molecule has 1 atom stereocenters. The fourth-order valence-electron chi connectivity index (χ4n) is 7.60. The molecule has 47 heavy (non-hydrogen) atoms. The van der Waals surface area contributed by atoms with E-state index in [1.807, 2.05) is 42.2 Å². The molecule has 3 amide bonds. The van der Waals surface area contributed by atoms with E-state index in [0.29, 0.717) is 62.2 Å². The topological polar surface area (TPSA) is 121 Å². The number of amides is 3. The van der Waals surface area contributed by atoms with Gasteiger partial charge in [-0.3, -0.25) is 15.0 Å². The van der Waals surface area contributed by atoms with Crippen LogP contribution < -0.4 is 11.1 Å². The smallest absolute Gasteiger partial charge is 0.412 e. The first-order valence-electron chi connectivity index (χ1n) is 17.0. The highest BCUT2D eigenvalue weighted by molar-refractivity contribution is 6.33. The average molecular weight is 667 g/mol. The third kappa shape index (κ3) is 7.32. The Morgan fingerprint density at radius 1 is 1.04 bits per heavy atom. The van der Waals surface area contributed by atoms with Crippen LogP contribution in [0.15, 0.2) is 36.4 Å². The van der Waals surface area contributed by atoms with Crippen molar-refractivity contribution < 1.29 is 23.9 Å². The number of nitrogens with two attached hydrogens (primary N) is 1. The Morgan fingerprint density at radius 2 is 1.79 bits per heavy atom. The van der Waals surface area contributed by atoms with Crippen molar-refractivity contribution in [1.82, 2.24) is 19.6 Å². The number of para-hydroxylation sites is 1. The van der Waals surface area contributed by atoms with Crippen LogP contribution in [0.3, 0.4) is 0 Å². The molecule has 0 saturated carbocycles. The molecule has 4 aliphatic heterocycles. The molecule has 3 N–H and O–H groups in total. The second-order valence-electron chi connectivity index (χ2n) is 13.4. The number of carbonyl (C=O) groups is 3. The van der Waals surface area contributed by atoms with Crippen LogP contribution in [0.25, 0.3) is 0 Å². The Morgan fingerprint density at radius 3 is 2.53 bits per heavy atom. The number of nitrogens with zero attached hydrogens (tertiary/aromatic N) is 4. The molecule has 0 aliphatic carbocycles. The van der Waals surface area contributed by atoms with Gasteiger partial charge in [0.15, 0.2) is 6.10 Å². The number of likely N-dealkylation sites (N-methyl/N-ethyl adjacent to an activating group) is 1. The second kappa shape index (κ2) is 14.3. The van der Waals surface area contributed by atoms with E-state index in [1.165, 1.54) is 0 Å². The highest BCUT2D eigenvalue weighted by Crippen LogP contribution is 2.43. The molecule has 254 valence electrons. The Kier molecular flexibility index (Phi) is 10.1. The maximum atomic E-state index is 14.1. The molecule has 0 radical (unpaired) electrons. The van der Waals surface area contributed by atoms with Gasteiger partial charge in [-0.05, 0) is 69.1 Å². The van der Waals surface area contributed by atoms with Crippen LogP contribution in [-0.4, -0.2) is 109 Å². The van der Waals surface area contributed by atoms with Crippen molar-refractivity contribution in [2.45, 2.75) is 69.6 Å². The highest BCUT2D eigenvalue weighted by atomic mass is 35.5. The van der Waals surface area contributed by atoms with Crippen LogP contribution in [0.1, 0.15) is 55.7 Å². The van der Waals surface area contributed by atoms with Crippen LogP contribution in [0.4, 0.5) is 21.0 Å². The van der Waals surface area contributed by atoms with E-state index in [4.69, 9.17) is 26.8 Å². The molecule has 3 fully saturated rings. The highest BCUT2D eigenvalue weighted by Gasteiger charge is 2.46. The number of benzene rings is 2. The molecule has 1 spiro atoms. The van der Waals surface area contributed by atoms with Gasteiger partial charge in [0.2, 0.25) is 0 Å². The second-order valence-corrected chi connectivity index (χ2v) is 13.8. The molecule has 12 heteroatoms. The first kappa shape index (κ1) is 33.4. The lowest BCUT2D eigenvalue weighted by Gasteiger charge is -2.44. The standard InChI is InChI=1S/C35H47ClN6O5/c1-3-25-21-24(22-28(36)31(25)37)23-30(32(43)41-15-9-26(10-16-41)40-14-6-13-39(2)19-20-40)46-34(45)42-17-11-35(12-18-42)27-7-4-5-8-29(27)38-33(44)47-35/h4-5,7-8,21-22,26,30H,3,6,9-20,23,37H2,1-2H3,(H,38,44)/t30-/m1/s1. The van der Waals surface area contributed by atoms with Crippen LogP contribution in [-0.2, 0) is 32.7 Å². The molecule has 3 saturated heterocycles. The van der Waals surface area contributed by atoms with Crippen LogP contribution in [0.2, 0.25) is 5.02 Å². The van der Waals surface area contributed by atoms with Gasteiger partial charge in [-0.2, -0.15) is 0 Å². The van der Waals surface area contributed by atoms with Crippen molar-refractivity contribution in [3.63, 3.8) is 0 Å². The van der Waals surface area contributed by atoms with Crippen molar-refractivity contribution in [2.75, 3.05) is 70.5 Å². The third-order valence-electron chi connectivity index (χ3n) is 10.4. The van der Waals surface area contributed by atoms with Gasteiger partial charge < -0.3 is 29.9 Å². The quantitative estimate of drug-likeness (QED) is 0.426. The SMILES string of the molecule is CCc1cc(C[C@@H](OC(=O)N2CCC3(CC2)OC(=O)Nc2ccccc23)C(=O)N2CCC(N3CCCN(C)CC3)CC2)cc(Cl)c1N. The first-order chi connectivity index (χ1) is 22.7. The lowest BCUT2D eigenvalue weighted by molar-refractivity contribution is -0.142. The normalized spacial score (nSPS) is 21.4. The van der Waals surface area contributed by atoms with Crippen molar-refractivity contribution in [2.24, 2.45) is 0 Å². The number of fused-ring (bicyclic) bond motifs is 2. The molecule has 0 aromatic heterocycles. The number of halogens is 1. The number of aryl methyl sites for hydroxylation is 1. The fourth-order valence-corrected chi connectivity index (χ4v) is 7.86. The number of rotatable bonds is 6. The van der Waals surface area contributed by atoms with Crippen molar-refractivity contribution in [3.05, 3.63) is 58.1 Å². The predicted octanol–water partition coefficient (Wildman–Crippen LogP) is 4.71. The zero-order chi connectivity index (χ0) is 33.1. The van der Waals surface area contributed by atoms with Gasteiger partial charge in [0, 0.05) is 70.1 Å². The maximum absolute atomic E-state index is 14.1. The Bertz CT molecular complexity index is 1470. The Labute approximate surface area is 282 Å². The van der Waals surface area contributed by atoms with E-state index in [0.717, 1.165) is 67.8 Å². The summed E-state index contributed by atoms with van der Waals surface area (Å²) < 4.78 is 11.9. The summed E-state index contributed by atoms with van der Waals surface area (Å²) in [5.41, 5.74) is 9.24. The number of piperidine rings is 2. The van der Waals surface area contributed by atoms with Crippen LogP contribution in [0, 0.1) is 0 Å². The summed E-state index contributed by atoms with van der Waals surface area (Å²) in [4.78, 5) is 48.6. The van der Waals surface area contributed by atoms with E-state index >= 15 is 0 Å². The van der Waals surface area contributed by atoms with Gasteiger partial charge in [0.25, 0.3) is 5.91 Å². The summed E-state index contributed by atoms with van der Waals surface area (Å²) in [5.74, 6) is -0.187. The van der Waals surface area contributed by atoms with E-state index in [-0.39, 0.29) is 12.3 Å². The molecule has 2 aromatic rings. The fraction of sp³-hybridized carbons (Fsp3) is 0.571. The minimum absolute atomic E-state index is 0.187. The molecule has 11 nitrogen and oxygen atoms in total. The number of hydrogen-bond donors (Lipinski definition) is 2. The Balaban J connectivity index is 1.14. The number of anilines is 2. The number of carbonyl (C=O) groups excluding carboxylic acids is 3. The summed E-state index contributed by atoms with van der Waals surface area (Å²) >= 11 is 6.48. The molecule has 0 bridgehead atoms. The molecule has 6 rings (SSSR count). The van der Waals surface area contributed by atoms with Crippen LogP contribution in [0.5, 0.6) is 0 Å². The van der Waals surface area contributed by atoms with Crippen LogP contribution >= 0.6 is 11.6 Å². The van der Waals surface area contributed by atoms with Gasteiger partial charge >= 0.3 is 12.2 Å². The van der Waals surface area contributed by atoms with Crippen molar-refractivity contribution >= 4 is 41.1 Å². The molecule has 0 unspecified atom stereocenters. The molecular weight excluding hydrogens is 620 g/mol. The molecule has 4 heterocycles. The van der Waals surface area contributed by atoms with Gasteiger partial charge in [-0.25, -0.2) is 9.59 Å². The molecule has 2 aromatic carbocycles. The Hall–Kier alpha value is -3.54. The van der Waals surface area contributed by atoms with Crippen molar-refractivity contribution in [1.29, 1.82) is 0 Å².